The molecular weight excluding hydrogens is 371 g/mol. The first-order valence-corrected chi connectivity index (χ1v) is 4.86. The minimum absolute atomic E-state index is 0. The molecule has 0 amide bonds. The molecule has 0 aliphatic carbocycles. The molecule has 4 heteroatoms. The van der Waals surface area contributed by atoms with E-state index in [0.29, 0.717) is 7.92 Å². The van der Waals surface area contributed by atoms with Gasteiger partial charge in [0.1, 0.15) is 0 Å². The van der Waals surface area contributed by atoms with E-state index in [1.807, 2.05) is 0 Å². The molecule has 0 aromatic carbocycles. The molecule has 0 N–H and O–H groups in total. The second-order valence-electron chi connectivity index (χ2n) is 1.26. The van der Waals surface area contributed by atoms with Crippen LogP contribution in [0.2, 0.25) is 0 Å². The predicted octanol–water partition coefficient (Wildman–Crippen LogP) is 1.56. The molecule has 0 heterocycles. The van der Waals surface area contributed by atoms with Crippen LogP contribution < -0.4 is 0 Å². The van der Waals surface area contributed by atoms with Crippen molar-refractivity contribution in [1.82, 2.24) is 0 Å². The van der Waals surface area contributed by atoms with Gasteiger partial charge in [0, 0.05) is 53.8 Å². The Morgan fingerprint density at radius 2 is 1.57 bits per heavy atom. The molecule has 0 rings (SSSR count). The van der Waals surface area contributed by atoms with Crippen LogP contribution in [0.25, 0.3) is 0 Å². The van der Waals surface area contributed by atoms with Crippen LogP contribution in [0.4, 0.5) is 0 Å². The minimum atomic E-state index is 0. The van der Waals surface area contributed by atoms with Crippen LogP contribution in [-0.2, 0) is 53.8 Å². The average Bonchev–Trinajstić information content (AvgIpc) is 1.38. The Hall–Kier alpha value is 2.65. The van der Waals surface area contributed by atoms with Crippen molar-refractivity contribution in [3.63, 3.8) is 0 Å². The topological polar surface area (TPSA) is 0 Å². The van der Waals surface area contributed by atoms with Crippen molar-refractivity contribution in [2.45, 2.75) is 0 Å². The zero-order chi connectivity index (χ0) is 4.28. The van der Waals surface area contributed by atoms with Crippen molar-refractivity contribution >= 4 is 17.2 Å². The van der Waals surface area contributed by atoms with Crippen molar-refractivity contribution in [3.8, 4) is 0 Å². The van der Waals surface area contributed by atoms with Crippen LogP contribution >= 0.6 is 17.2 Å². The Balaban J connectivity index is -0.0000000800. The summed E-state index contributed by atoms with van der Waals surface area (Å²) in [6.45, 7) is 4.53. The van der Waals surface area contributed by atoms with Crippen molar-refractivity contribution in [2.75, 3.05) is 19.2 Å². The largest absolute Gasteiger partial charge is 0.133 e. The normalized spacial score (nSPS) is 6.86. The number of rotatable bonds is 1. The zero-order valence-corrected chi connectivity index (χ0v) is 12.5. The van der Waals surface area contributed by atoms with Gasteiger partial charge in [-0.05, 0) is 19.2 Å². The van der Waals surface area contributed by atoms with E-state index in [0.717, 1.165) is 0 Å². The first-order chi connectivity index (χ1) is 2.27. The van der Waals surface area contributed by atoms with Crippen LogP contribution in [0, 0.1) is 0 Å². The second kappa shape index (κ2) is 11.4. The van der Waals surface area contributed by atoms with Crippen molar-refractivity contribution in [3.05, 3.63) is 0 Å². The standard InChI is InChI=1S/C3H10P2.W.Y/c1-5(2)3-4;;/h3-4H2,1-2H3;;. The molecule has 41 valence electrons. The summed E-state index contributed by atoms with van der Waals surface area (Å²) in [6.07, 6.45) is 0. The fraction of sp³-hybridized carbons (Fsp3) is 1.00. The van der Waals surface area contributed by atoms with Crippen LogP contribution in [-0.4, -0.2) is 19.2 Å². The Kier molecular flexibility index (Phi) is 26.7. The molecule has 0 aliphatic rings. The van der Waals surface area contributed by atoms with E-state index in [1.165, 1.54) is 5.90 Å². The molecule has 0 nitrogen and oxygen atoms in total. The number of hydrogen-bond donors (Lipinski definition) is 0. The first kappa shape index (κ1) is 16.3. The van der Waals surface area contributed by atoms with Crippen LogP contribution in [0.15, 0.2) is 0 Å². The van der Waals surface area contributed by atoms with E-state index in [1.54, 1.807) is 0 Å². The van der Waals surface area contributed by atoms with Gasteiger partial charge in [0.25, 0.3) is 0 Å². The second-order valence-corrected chi connectivity index (χ2v) is 4.88. The van der Waals surface area contributed by atoms with Gasteiger partial charge in [-0.3, -0.25) is 0 Å². The van der Waals surface area contributed by atoms with E-state index >= 15 is 0 Å². The van der Waals surface area contributed by atoms with E-state index in [9.17, 15) is 0 Å². The maximum absolute atomic E-state index is 2.72. The van der Waals surface area contributed by atoms with Crippen LogP contribution in [0.5, 0.6) is 0 Å². The number of hydrogen-bond acceptors (Lipinski definition) is 0. The Labute approximate surface area is 89.1 Å². The van der Waals surface area contributed by atoms with Crippen molar-refractivity contribution in [2.24, 2.45) is 0 Å². The minimum Gasteiger partial charge on any atom is -0.133 e. The third-order valence-corrected chi connectivity index (χ3v) is 3.29. The summed E-state index contributed by atoms with van der Waals surface area (Å²) >= 11 is 0. The van der Waals surface area contributed by atoms with Gasteiger partial charge >= 0.3 is 0 Å². The molecule has 1 unspecified atom stereocenters. The summed E-state index contributed by atoms with van der Waals surface area (Å²) in [5, 5.41) is 0. The molecule has 0 fully saturated rings. The van der Waals surface area contributed by atoms with Gasteiger partial charge in [-0.25, -0.2) is 0 Å². The zero-order valence-electron chi connectivity index (χ0n) is 4.72. The molecule has 0 aromatic heterocycles. The van der Waals surface area contributed by atoms with E-state index in [2.05, 4.69) is 22.6 Å². The average molecular weight is 381 g/mol. The summed E-state index contributed by atoms with van der Waals surface area (Å²) < 4.78 is 0. The van der Waals surface area contributed by atoms with Gasteiger partial charge in [-0.1, -0.05) is 0 Å². The third-order valence-electron chi connectivity index (χ3n) is 0.365. The molecule has 7 heavy (non-hydrogen) atoms. The molecule has 0 spiro atoms. The monoisotopic (exact) mass is 381 g/mol. The fourth-order valence-electron chi connectivity index (χ4n) is 0. The quantitative estimate of drug-likeness (QED) is 0.606. The van der Waals surface area contributed by atoms with Gasteiger partial charge in [0.15, 0.2) is 0 Å². The molecule has 0 bridgehead atoms. The molecule has 1 radical (unpaired) electrons. The van der Waals surface area contributed by atoms with Crippen LogP contribution in [0.3, 0.4) is 0 Å². The van der Waals surface area contributed by atoms with Crippen molar-refractivity contribution < 1.29 is 53.8 Å². The molecule has 0 saturated carbocycles. The Morgan fingerprint density at radius 3 is 1.57 bits per heavy atom. The van der Waals surface area contributed by atoms with Gasteiger partial charge < -0.3 is 0 Å². The van der Waals surface area contributed by atoms with E-state index < -0.39 is 0 Å². The fourth-order valence-corrected chi connectivity index (χ4v) is 0. The Morgan fingerprint density at radius 1 is 1.43 bits per heavy atom. The van der Waals surface area contributed by atoms with Gasteiger partial charge in [0.05, 0.1) is 0 Å². The summed E-state index contributed by atoms with van der Waals surface area (Å²) in [5.41, 5.74) is 0. The summed E-state index contributed by atoms with van der Waals surface area (Å²) in [4.78, 5) is 0. The van der Waals surface area contributed by atoms with Gasteiger partial charge in [-0.2, -0.15) is 0 Å². The first-order valence-electron chi connectivity index (χ1n) is 1.62. The molecule has 1 atom stereocenters. The van der Waals surface area contributed by atoms with Crippen LogP contribution in [0.1, 0.15) is 0 Å². The predicted molar refractivity (Wildman–Crippen MR) is 33.3 cm³/mol. The van der Waals surface area contributed by atoms with Gasteiger partial charge in [-0.15, -0.1) is 17.2 Å². The maximum Gasteiger partial charge on any atom is 0 e. The molecule has 0 aliphatic heterocycles. The van der Waals surface area contributed by atoms with E-state index in [4.69, 9.17) is 0 Å². The summed E-state index contributed by atoms with van der Waals surface area (Å²) in [5.74, 6) is 1.29. The smallest absolute Gasteiger partial charge is 0 e. The third kappa shape index (κ3) is 17.7. The van der Waals surface area contributed by atoms with Crippen molar-refractivity contribution in [1.29, 1.82) is 0 Å². The molecule has 0 saturated heterocycles. The summed E-state index contributed by atoms with van der Waals surface area (Å²) in [6, 6.07) is 0. The Bertz CT molecular complexity index is 26.9. The summed E-state index contributed by atoms with van der Waals surface area (Å²) in [7, 11) is 3.09. The molecular formula is C3H10P2WY. The maximum atomic E-state index is 2.72. The SMILES string of the molecule is CP(C)CP.[W].[Y]. The van der Waals surface area contributed by atoms with E-state index in [-0.39, 0.29) is 53.8 Å². The van der Waals surface area contributed by atoms with Gasteiger partial charge in [0.2, 0.25) is 0 Å². The molecule has 0 aromatic rings.